The third-order valence-corrected chi connectivity index (χ3v) is 2.76. The Kier molecular flexibility index (Phi) is 4.02. The Morgan fingerprint density at radius 1 is 1.21 bits per heavy atom. The first kappa shape index (κ1) is 13.4. The minimum Gasteiger partial charge on any atom is -0.478 e. The van der Waals surface area contributed by atoms with Gasteiger partial charge in [0.2, 0.25) is 6.10 Å². The van der Waals surface area contributed by atoms with E-state index in [4.69, 9.17) is 16.3 Å². The molecule has 0 aliphatic rings. The molecule has 3 nitrogen and oxygen atoms in total. The van der Waals surface area contributed by atoms with Gasteiger partial charge in [0.25, 0.3) is 0 Å². The van der Waals surface area contributed by atoms with E-state index in [1.54, 1.807) is 30.3 Å². The number of carboxylic acids is 1. The van der Waals surface area contributed by atoms with E-state index in [-0.39, 0.29) is 10.8 Å². The molecule has 0 aliphatic carbocycles. The molecular weight excluding hydrogens is 271 g/mol. The van der Waals surface area contributed by atoms with Crippen molar-refractivity contribution in [3.8, 4) is 5.75 Å². The van der Waals surface area contributed by atoms with Crippen LogP contribution in [0.5, 0.6) is 5.75 Å². The molecule has 0 amide bonds. The Bertz CT molecular complexity index is 586. The Morgan fingerprint density at radius 2 is 1.89 bits per heavy atom. The van der Waals surface area contributed by atoms with Crippen molar-refractivity contribution in [2.75, 3.05) is 0 Å². The van der Waals surface area contributed by atoms with Crippen molar-refractivity contribution in [2.45, 2.75) is 6.10 Å². The lowest BCUT2D eigenvalue weighted by molar-refractivity contribution is -0.145. The fourth-order valence-electron chi connectivity index (χ4n) is 1.59. The highest BCUT2D eigenvalue weighted by atomic mass is 35.5. The highest BCUT2D eigenvalue weighted by Gasteiger charge is 2.22. The van der Waals surface area contributed by atoms with Gasteiger partial charge < -0.3 is 9.84 Å². The Hall–Kier alpha value is -2.07. The van der Waals surface area contributed by atoms with Crippen LogP contribution >= 0.6 is 11.6 Å². The molecule has 0 bridgehead atoms. The highest BCUT2D eigenvalue weighted by molar-refractivity contribution is 6.32. The average Bonchev–Trinajstić information content (AvgIpc) is 2.38. The van der Waals surface area contributed by atoms with E-state index < -0.39 is 17.9 Å². The first-order valence-corrected chi connectivity index (χ1v) is 5.85. The average molecular weight is 281 g/mol. The predicted octanol–water partition coefficient (Wildman–Crippen LogP) is 3.68. The van der Waals surface area contributed by atoms with Gasteiger partial charge in [-0.05, 0) is 18.2 Å². The summed E-state index contributed by atoms with van der Waals surface area (Å²) < 4.78 is 18.3. The SMILES string of the molecule is O=C(O)[C@H](Oc1ccc(F)cc1Cl)c1ccccc1. The van der Waals surface area contributed by atoms with Gasteiger partial charge in [0.05, 0.1) is 5.02 Å². The molecule has 19 heavy (non-hydrogen) atoms. The molecule has 2 rings (SSSR count). The molecule has 5 heteroatoms. The number of hydrogen-bond donors (Lipinski definition) is 1. The molecule has 98 valence electrons. The fraction of sp³-hybridized carbons (Fsp3) is 0.0714. The zero-order valence-electron chi connectivity index (χ0n) is 9.72. The molecule has 0 unspecified atom stereocenters. The van der Waals surface area contributed by atoms with Crippen LogP contribution in [0.1, 0.15) is 11.7 Å². The molecule has 0 saturated carbocycles. The lowest BCUT2D eigenvalue weighted by Crippen LogP contribution is -2.18. The molecule has 0 aromatic heterocycles. The van der Waals surface area contributed by atoms with Gasteiger partial charge in [-0.25, -0.2) is 9.18 Å². The summed E-state index contributed by atoms with van der Waals surface area (Å²) in [6.45, 7) is 0. The van der Waals surface area contributed by atoms with Crippen LogP contribution < -0.4 is 4.74 Å². The summed E-state index contributed by atoms with van der Waals surface area (Å²) in [5, 5.41) is 9.22. The third-order valence-electron chi connectivity index (χ3n) is 2.47. The van der Waals surface area contributed by atoms with Gasteiger partial charge in [0, 0.05) is 5.56 Å². The second kappa shape index (κ2) is 5.71. The number of carboxylic acid groups (broad SMARTS) is 1. The van der Waals surface area contributed by atoms with Crippen LogP contribution in [0.25, 0.3) is 0 Å². The van der Waals surface area contributed by atoms with E-state index in [9.17, 15) is 14.3 Å². The normalized spacial score (nSPS) is 11.9. The number of hydrogen-bond acceptors (Lipinski definition) is 2. The number of ether oxygens (including phenoxy) is 1. The predicted molar refractivity (Wildman–Crippen MR) is 68.9 cm³/mol. The summed E-state index contributed by atoms with van der Waals surface area (Å²) in [4.78, 5) is 11.2. The summed E-state index contributed by atoms with van der Waals surface area (Å²) in [5.41, 5.74) is 0.482. The maximum Gasteiger partial charge on any atom is 0.349 e. The molecule has 0 fully saturated rings. The highest BCUT2D eigenvalue weighted by Crippen LogP contribution is 2.29. The van der Waals surface area contributed by atoms with Crippen molar-refractivity contribution in [2.24, 2.45) is 0 Å². The Morgan fingerprint density at radius 3 is 2.47 bits per heavy atom. The summed E-state index contributed by atoms with van der Waals surface area (Å²) >= 11 is 5.81. The summed E-state index contributed by atoms with van der Waals surface area (Å²) in [5.74, 6) is -1.53. The summed E-state index contributed by atoms with van der Waals surface area (Å²) in [7, 11) is 0. The van der Waals surface area contributed by atoms with E-state index in [2.05, 4.69) is 0 Å². The molecular formula is C14H10ClFO3. The molecule has 0 aliphatic heterocycles. The Balaban J connectivity index is 2.29. The van der Waals surface area contributed by atoms with Crippen molar-refractivity contribution in [3.05, 3.63) is 64.9 Å². The molecule has 0 saturated heterocycles. The molecule has 0 radical (unpaired) electrons. The van der Waals surface area contributed by atoms with Crippen LogP contribution in [0.3, 0.4) is 0 Å². The first-order chi connectivity index (χ1) is 9.08. The molecule has 0 spiro atoms. The van der Waals surface area contributed by atoms with Crippen LogP contribution in [0.2, 0.25) is 5.02 Å². The van der Waals surface area contributed by atoms with Gasteiger partial charge in [-0.1, -0.05) is 41.9 Å². The van der Waals surface area contributed by atoms with Crippen LogP contribution in [-0.2, 0) is 4.79 Å². The fourth-order valence-corrected chi connectivity index (χ4v) is 1.80. The van der Waals surface area contributed by atoms with Gasteiger partial charge in [-0.15, -0.1) is 0 Å². The van der Waals surface area contributed by atoms with Crippen molar-refractivity contribution >= 4 is 17.6 Å². The lowest BCUT2D eigenvalue weighted by Gasteiger charge is -2.16. The second-order valence-corrected chi connectivity index (χ2v) is 4.23. The van der Waals surface area contributed by atoms with Gasteiger partial charge in [0.15, 0.2) is 0 Å². The second-order valence-electron chi connectivity index (χ2n) is 3.82. The zero-order valence-corrected chi connectivity index (χ0v) is 10.5. The summed E-state index contributed by atoms with van der Waals surface area (Å²) in [6.07, 6.45) is -1.19. The van der Waals surface area contributed by atoms with Crippen molar-refractivity contribution < 1.29 is 19.0 Å². The topological polar surface area (TPSA) is 46.5 Å². The van der Waals surface area contributed by atoms with Crippen molar-refractivity contribution in [1.82, 2.24) is 0 Å². The monoisotopic (exact) mass is 280 g/mol. The molecule has 2 aromatic carbocycles. The maximum atomic E-state index is 12.9. The van der Waals surface area contributed by atoms with E-state index in [0.29, 0.717) is 5.56 Å². The summed E-state index contributed by atoms with van der Waals surface area (Å²) in [6, 6.07) is 12.0. The molecule has 2 aromatic rings. The van der Waals surface area contributed by atoms with E-state index in [0.717, 1.165) is 12.1 Å². The molecule has 0 heterocycles. The Labute approximate surface area is 114 Å². The number of carbonyl (C=O) groups is 1. The number of rotatable bonds is 4. The number of halogens is 2. The van der Waals surface area contributed by atoms with Gasteiger partial charge in [-0.2, -0.15) is 0 Å². The van der Waals surface area contributed by atoms with Crippen molar-refractivity contribution in [3.63, 3.8) is 0 Å². The number of aliphatic carboxylic acids is 1. The quantitative estimate of drug-likeness (QED) is 0.929. The molecule has 1 N–H and O–H groups in total. The van der Waals surface area contributed by atoms with Crippen LogP contribution in [-0.4, -0.2) is 11.1 Å². The third kappa shape index (κ3) is 3.23. The van der Waals surface area contributed by atoms with Gasteiger partial charge >= 0.3 is 5.97 Å². The first-order valence-electron chi connectivity index (χ1n) is 5.47. The minimum absolute atomic E-state index is 0.0298. The number of benzene rings is 2. The van der Waals surface area contributed by atoms with Crippen LogP contribution in [0.4, 0.5) is 4.39 Å². The van der Waals surface area contributed by atoms with Crippen LogP contribution in [0.15, 0.2) is 48.5 Å². The maximum absolute atomic E-state index is 12.9. The van der Waals surface area contributed by atoms with Gasteiger partial charge in [0.1, 0.15) is 11.6 Å². The van der Waals surface area contributed by atoms with E-state index >= 15 is 0 Å². The molecule has 1 atom stereocenters. The van der Waals surface area contributed by atoms with Gasteiger partial charge in [-0.3, -0.25) is 0 Å². The van der Waals surface area contributed by atoms with E-state index in [1.807, 2.05) is 0 Å². The minimum atomic E-state index is -1.19. The van der Waals surface area contributed by atoms with E-state index in [1.165, 1.54) is 6.07 Å². The van der Waals surface area contributed by atoms with Crippen molar-refractivity contribution in [1.29, 1.82) is 0 Å². The largest absolute Gasteiger partial charge is 0.478 e. The zero-order chi connectivity index (χ0) is 13.8. The van der Waals surface area contributed by atoms with Crippen LogP contribution in [0, 0.1) is 5.82 Å². The smallest absolute Gasteiger partial charge is 0.349 e. The standard InChI is InChI=1S/C14H10ClFO3/c15-11-8-10(16)6-7-12(11)19-13(14(17)18)9-4-2-1-3-5-9/h1-8,13H,(H,17,18)/t13-/m1/s1. The lowest BCUT2D eigenvalue weighted by atomic mass is 10.1.